The fraction of sp³-hybridized carbons (Fsp3) is 0.222. The molecule has 0 spiro atoms. The molecule has 0 atom stereocenters. The van der Waals surface area contributed by atoms with Gasteiger partial charge in [0, 0.05) is 24.1 Å². The summed E-state index contributed by atoms with van der Waals surface area (Å²) < 4.78 is 40.9. The summed E-state index contributed by atoms with van der Waals surface area (Å²) in [6, 6.07) is 8.21. The van der Waals surface area contributed by atoms with Crippen molar-refractivity contribution in [1.29, 1.82) is 0 Å². The topological polar surface area (TPSA) is 59.1 Å². The van der Waals surface area contributed by atoms with Gasteiger partial charge >= 0.3 is 0 Å². The largest absolute Gasteiger partial charge is 0.486 e. The number of nitrogens with one attached hydrogen (secondary N) is 2. The number of fused-ring (bicyclic) bond motifs is 1. The Bertz CT molecular complexity index is 937. The minimum atomic E-state index is -0.610. The normalized spacial score (nSPS) is 13.3. The second kappa shape index (κ2) is 8.20. The van der Waals surface area contributed by atoms with Crippen molar-refractivity contribution in [1.82, 2.24) is 14.7 Å². The molecule has 9 heteroatoms. The molecule has 3 aromatic rings. The third-order valence-corrected chi connectivity index (χ3v) is 5.76. The molecule has 2 heterocycles. The van der Waals surface area contributed by atoms with Crippen molar-refractivity contribution < 1.29 is 13.5 Å². The number of hydrogen-bond donors (Lipinski definition) is 2. The van der Waals surface area contributed by atoms with E-state index in [0.717, 1.165) is 60.7 Å². The summed E-state index contributed by atoms with van der Waals surface area (Å²) in [5.74, 6) is -1.28. The van der Waals surface area contributed by atoms with Gasteiger partial charge in [0.05, 0.1) is 4.90 Å². The Morgan fingerprint density at radius 2 is 2.19 bits per heavy atom. The van der Waals surface area contributed by atoms with E-state index >= 15 is 0 Å². The highest BCUT2D eigenvalue weighted by atomic mass is 32.2. The summed E-state index contributed by atoms with van der Waals surface area (Å²) >= 11 is 2.07. The van der Waals surface area contributed by atoms with Gasteiger partial charge in [0.15, 0.2) is 11.6 Å². The van der Waals surface area contributed by atoms with Crippen molar-refractivity contribution in [3.8, 4) is 5.75 Å². The van der Waals surface area contributed by atoms with Crippen LogP contribution in [0.1, 0.15) is 16.7 Å². The Morgan fingerprint density at radius 1 is 1.26 bits per heavy atom. The van der Waals surface area contributed by atoms with E-state index in [2.05, 4.69) is 25.5 Å². The highest BCUT2D eigenvalue weighted by molar-refractivity contribution is 8.00. The first-order chi connectivity index (χ1) is 13.2. The summed E-state index contributed by atoms with van der Waals surface area (Å²) in [4.78, 5) is 4.05. The molecule has 0 bridgehead atoms. The predicted octanol–water partition coefficient (Wildman–Crippen LogP) is 4.16. The SMILES string of the molecule is Fc1cc(SNc2ncns2)c(F)cc1OCc1cccc2c1CNCC2. The van der Waals surface area contributed by atoms with Crippen LogP contribution in [0.3, 0.4) is 0 Å². The molecule has 0 fully saturated rings. The van der Waals surface area contributed by atoms with E-state index in [9.17, 15) is 8.78 Å². The first-order valence-corrected chi connectivity index (χ1v) is 9.91. The fourth-order valence-corrected chi connectivity index (χ4v) is 4.02. The lowest BCUT2D eigenvalue weighted by Gasteiger charge is -2.20. The average molecular weight is 406 g/mol. The van der Waals surface area contributed by atoms with Gasteiger partial charge in [0.2, 0.25) is 5.13 Å². The summed E-state index contributed by atoms with van der Waals surface area (Å²) in [6.07, 6.45) is 2.35. The van der Waals surface area contributed by atoms with E-state index in [1.165, 1.54) is 17.5 Å². The molecule has 140 valence electrons. The number of halogens is 2. The van der Waals surface area contributed by atoms with Gasteiger partial charge < -0.3 is 14.8 Å². The molecule has 0 radical (unpaired) electrons. The minimum absolute atomic E-state index is 0.103. The summed E-state index contributed by atoms with van der Waals surface area (Å²) in [5, 5.41) is 3.84. The zero-order valence-corrected chi connectivity index (χ0v) is 15.8. The Balaban J connectivity index is 1.46. The monoisotopic (exact) mass is 406 g/mol. The van der Waals surface area contributed by atoms with E-state index in [1.807, 2.05) is 12.1 Å². The molecule has 1 aliphatic heterocycles. The Morgan fingerprint density at radius 3 is 3.04 bits per heavy atom. The lowest BCUT2D eigenvalue weighted by molar-refractivity contribution is 0.286. The smallest absolute Gasteiger partial charge is 0.212 e. The van der Waals surface area contributed by atoms with Crippen molar-refractivity contribution >= 4 is 28.6 Å². The molecule has 0 unspecified atom stereocenters. The van der Waals surface area contributed by atoms with Gasteiger partial charge in [-0.1, -0.05) is 18.2 Å². The quantitative estimate of drug-likeness (QED) is 0.600. The lowest BCUT2D eigenvalue weighted by atomic mass is 9.96. The molecular weight excluding hydrogens is 390 g/mol. The standard InChI is InChI=1S/C18H16F2N4OS2/c19-14-7-17(26-24-18-22-10-23-27-18)15(20)6-16(14)25-9-12-3-1-2-11-4-5-21-8-13(11)12/h1-3,6-7,10,21H,4-5,8-9H2,(H,22,23,24). The second-order valence-electron chi connectivity index (χ2n) is 5.93. The van der Waals surface area contributed by atoms with Crippen LogP contribution in [0.4, 0.5) is 13.9 Å². The zero-order valence-electron chi connectivity index (χ0n) is 14.2. The molecule has 1 aromatic heterocycles. The summed E-state index contributed by atoms with van der Waals surface area (Å²) in [7, 11) is 0. The van der Waals surface area contributed by atoms with Gasteiger partial charge in [0.1, 0.15) is 18.8 Å². The van der Waals surface area contributed by atoms with E-state index in [-0.39, 0.29) is 17.3 Å². The molecule has 2 aromatic carbocycles. The van der Waals surface area contributed by atoms with Crippen molar-refractivity contribution in [3.63, 3.8) is 0 Å². The number of nitrogens with zero attached hydrogens (tertiary/aromatic N) is 2. The van der Waals surface area contributed by atoms with Crippen LogP contribution in [0, 0.1) is 11.6 Å². The van der Waals surface area contributed by atoms with Gasteiger partial charge in [-0.25, -0.2) is 13.8 Å². The Labute approximate surface area is 163 Å². The minimum Gasteiger partial charge on any atom is -0.486 e. The first kappa shape index (κ1) is 18.1. The van der Waals surface area contributed by atoms with E-state index < -0.39 is 11.6 Å². The number of rotatable bonds is 6. The van der Waals surface area contributed by atoms with Crippen LogP contribution in [0.25, 0.3) is 0 Å². The van der Waals surface area contributed by atoms with Crippen LogP contribution in [-0.4, -0.2) is 15.9 Å². The number of anilines is 1. The highest BCUT2D eigenvalue weighted by Gasteiger charge is 2.15. The van der Waals surface area contributed by atoms with E-state index in [0.29, 0.717) is 5.13 Å². The Kier molecular flexibility index (Phi) is 5.51. The number of hydrogen-bond acceptors (Lipinski definition) is 7. The number of benzene rings is 2. The third kappa shape index (κ3) is 4.20. The molecule has 2 N–H and O–H groups in total. The van der Waals surface area contributed by atoms with Crippen molar-refractivity contribution in [2.45, 2.75) is 24.5 Å². The maximum Gasteiger partial charge on any atom is 0.212 e. The molecule has 4 rings (SSSR count). The Hall–Kier alpha value is -2.23. The van der Waals surface area contributed by atoms with Crippen LogP contribution in [0.5, 0.6) is 5.75 Å². The molecule has 5 nitrogen and oxygen atoms in total. The highest BCUT2D eigenvalue weighted by Crippen LogP contribution is 2.30. The van der Waals surface area contributed by atoms with Gasteiger partial charge in [0.25, 0.3) is 0 Å². The molecular formula is C18H16F2N4OS2. The first-order valence-electron chi connectivity index (χ1n) is 8.32. The van der Waals surface area contributed by atoms with E-state index in [4.69, 9.17) is 4.74 Å². The summed E-state index contributed by atoms with van der Waals surface area (Å²) in [5.41, 5.74) is 3.44. The maximum atomic E-state index is 14.4. The van der Waals surface area contributed by atoms with Crippen molar-refractivity contribution in [2.24, 2.45) is 0 Å². The van der Waals surface area contributed by atoms with Crippen molar-refractivity contribution in [3.05, 3.63) is 65.0 Å². The fourth-order valence-electron chi connectivity index (χ4n) is 2.89. The van der Waals surface area contributed by atoms with Gasteiger partial charge in [-0.15, -0.1) is 0 Å². The van der Waals surface area contributed by atoms with Gasteiger partial charge in [-0.05, 0) is 47.7 Å². The predicted molar refractivity (Wildman–Crippen MR) is 102 cm³/mol. The van der Waals surface area contributed by atoms with E-state index in [1.54, 1.807) is 0 Å². The van der Waals surface area contributed by atoms with Gasteiger partial charge in [-0.3, -0.25) is 0 Å². The van der Waals surface area contributed by atoms with Crippen molar-refractivity contribution in [2.75, 3.05) is 11.3 Å². The molecule has 0 aliphatic carbocycles. The maximum absolute atomic E-state index is 14.4. The summed E-state index contributed by atoms with van der Waals surface area (Å²) in [6.45, 7) is 1.90. The number of ether oxygens (including phenoxy) is 1. The van der Waals surface area contributed by atoms with Crippen LogP contribution in [-0.2, 0) is 19.6 Å². The average Bonchev–Trinajstić information content (AvgIpc) is 3.21. The van der Waals surface area contributed by atoms with Gasteiger partial charge in [-0.2, -0.15) is 4.37 Å². The molecule has 0 saturated carbocycles. The molecule has 27 heavy (non-hydrogen) atoms. The van der Waals surface area contributed by atoms with Crippen LogP contribution in [0.15, 0.2) is 41.6 Å². The molecule has 0 saturated heterocycles. The van der Waals surface area contributed by atoms with Crippen LogP contribution in [0.2, 0.25) is 0 Å². The molecule has 1 aliphatic rings. The second-order valence-corrected chi connectivity index (χ2v) is 7.56. The molecule has 0 amide bonds. The zero-order chi connectivity index (χ0) is 18.6. The van der Waals surface area contributed by atoms with Crippen LogP contribution >= 0.6 is 23.5 Å². The third-order valence-electron chi connectivity index (χ3n) is 4.22. The number of aromatic nitrogens is 2. The lowest BCUT2D eigenvalue weighted by Crippen LogP contribution is -2.25. The van der Waals surface area contributed by atoms with Crippen LogP contribution < -0.4 is 14.8 Å².